The largest absolute Gasteiger partial charge is 0.476 e. The molecule has 3 N–H and O–H groups in total. The number of halogens is 3. The highest BCUT2D eigenvalue weighted by molar-refractivity contribution is 7.14. The Kier molecular flexibility index (Phi) is 9.91. The molecule has 1 amide bonds. The van der Waals surface area contributed by atoms with E-state index in [4.69, 9.17) is 45.6 Å². The smallest absolute Gasteiger partial charge is 0.355 e. The molecule has 3 aromatic rings. The van der Waals surface area contributed by atoms with Crippen LogP contribution in [0, 0.1) is 0 Å². The van der Waals surface area contributed by atoms with Crippen molar-refractivity contribution >= 4 is 68.8 Å². The number of nitrogens with two attached hydrogens (primary N) is 1. The molecule has 186 valence electrons. The first kappa shape index (κ1) is 27.4. The Balaban J connectivity index is 0.000000320. The first-order valence-corrected chi connectivity index (χ1v) is 12.9. The van der Waals surface area contributed by atoms with E-state index in [1.165, 1.54) is 41.8 Å². The second-order valence-corrected chi connectivity index (χ2v) is 9.97. The molecule has 0 bridgehead atoms. The van der Waals surface area contributed by atoms with Crippen LogP contribution in [0.3, 0.4) is 0 Å². The zero-order chi connectivity index (χ0) is 25.5. The maximum absolute atomic E-state index is 13.1. The van der Waals surface area contributed by atoms with Crippen molar-refractivity contribution < 1.29 is 14.7 Å². The quantitative estimate of drug-likeness (QED) is 0.388. The molecule has 1 fully saturated rings. The summed E-state index contributed by atoms with van der Waals surface area (Å²) in [6.07, 6.45) is 2.51. The number of nitrogens with zero attached hydrogens (tertiary/aromatic N) is 3. The van der Waals surface area contributed by atoms with Crippen LogP contribution < -0.4 is 10.6 Å². The normalized spacial score (nSPS) is 15.7. The fourth-order valence-corrected chi connectivity index (χ4v) is 4.96. The van der Waals surface area contributed by atoms with Gasteiger partial charge < -0.3 is 15.7 Å². The summed E-state index contributed by atoms with van der Waals surface area (Å²) in [7, 11) is 0. The van der Waals surface area contributed by atoms with Gasteiger partial charge in [0.05, 0.1) is 16.3 Å². The maximum atomic E-state index is 13.1. The number of likely N-dealkylation sites (tertiary alicyclic amines) is 1. The molecule has 0 aliphatic carbocycles. The number of carbonyl (C=O) groups excluding carboxylic acids is 1. The van der Waals surface area contributed by atoms with Crippen LogP contribution in [-0.2, 0) is 0 Å². The summed E-state index contributed by atoms with van der Waals surface area (Å²) < 4.78 is 0. The number of hydrogen-bond acceptors (Lipinski definition) is 6. The Morgan fingerprint density at radius 1 is 1.17 bits per heavy atom. The number of piperidine rings is 1. The number of thiazole rings is 1. The Hall–Kier alpha value is -2.20. The summed E-state index contributed by atoms with van der Waals surface area (Å²) in [6.45, 7) is 5.71. The minimum Gasteiger partial charge on any atom is -0.476 e. The zero-order valence-corrected chi connectivity index (χ0v) is 22.0. The van der Waals surface area contributed by atoms with Crippen molar-refractivity contribution in [2.45, 2.75) is 25.8 Å². The number of amides is 1. The van der Waals surface area contributed by atoms with Crippen molar-refractivity contribution in [3.8, 4) is 0 Å². The van der Waals surface area contributed by atoms with E-state index in [1.807, 2.05) is 0 Å². The van der Waals surface area contributed by atoms with Crippen LogP contribution in [0.2, 0.25) is 15.1 Å². The topological polar surface area (TPSA) is 99.8 Å². The third-order valence-electron chi connectivity index (χ3n) is 5.34. The second-order valence-electron chi connectivity index (χ2n) is 7.86. The number of likely N-dealkylation sites (N-methyl/N-ethyl adjacent to an activating group) is 1. The molecule has 1 atom stereocenters. The fraction of sp³-hybridized carbons (Fsp3) is 0.292. The fourth-order valence-electron chi connectivity index (χ4n) is 3.53. The van der Waals surface area contributed by atoms with E-state index in [-0.39, 0.29) is 21.4 Å². The van der Waals surface area contributed by atoms with Gasteiger partial charge in [-0.15, -0.1) is 11.3 Å². The molecule has 4 rings (SSSR count). The molecular formula is C24H25Cl3N4O3S. The van der Waals surface area contributed by atoms with E-state index in [2.05, 4.69) is 16.8 Å². The molecule has 1 unspecified atom stereocenters. The molecule has 1 aliphatic rings. The van der Waals surface area contributed by atoms with Gasteiger partial charge in [-0.05, 0) is 68.4 Å². The molecule has 11 heteroatoms. The van der Waals surface area contributed by atoms with Crippen molar-refractivity contribution in [1.29, 1.82) is 0 Å². The Morgan fingerprint density at radius 3 is 2.40 bits per heavy atom. The summed E-state index contributed by atoms with van der Waals surface area (Å²) in [6, 6.07) is 11.4. The van der Waals surface area contributed by atoms with Gasteiger partial charge in [0.25, 0.3) is 5.91 Å². The van der Waals surface area contributed by atoms with Crippen molar-refractivity contribution in [3.63, 3.8) is 0 Å². The molecular weight excluding hydrogens is 531 g/mol. The van der Waals surface area contributed by atoms with Gasteiger partial charge in [0, 0.05) is 28.0 Å². The molecule has 35 heavy (non-hydrogen) atoms. The molecule has 1 saturated heterocycles. The average Bonchev–Trinajstić information content (AvgIpc) is 3.31. The van der Waals surface area contributed by atoms with E-state index in [1.54, 1.807) is 30.3 Å². The standard InChI is InChI=1S/C17H9Cl3N2O3S.C7H16N2/c18-9-1-4-11(5-2-9)22(17-21-14(8-26-17)16(24)25)15(23)12-6-3-10(19)7-13(12)20;1-2-9-5-3-4-7(8)6-9/h1-8H,(H,24,25);7H,2-6,8H2,1H3. The highest BCUT2D eigenvalue weighted by Gasteiger charge is 2.25. The molecule has 1 aliphatic heterocycles. The predicted molar refractivity (Wildman–Crippen MR) is 143 cm³/mol. The summed E-state index contributed by atoms with van der Waals surface area (Å²) in [5.41, 5.74) is 6.28. The van der Waals surface area contributed by atoms with Crippen molar-refractivity contribution in [2.75, 3.05) is 24.5 Å². The summed E-state index contributed by atoms with van der Waals surface area (Å²) in [5, 5.41) is 11.7. The highest BCUT2D eigenvalue weighted by atomic mass is 35.5. The predicted octanol–water partition coefficient (Wildman–Crippen LogP) is 6.21. The molecule has 1 aromatic heterocycles. The van der Waals surface area contributed by atoms with Gasteiger partial charge in [-0.2, -0.15) is 0 Å². The van der Waals surface area contributed by atoms with Gasteiger partial charge in [0.2, 0.25) is 0 Å². The number of carboxylic acids is 1. The number of aromatic carboxylic acids is 1. The molecule has 7 nitrogen and oxygen atoms in total. The number of aromatic nitrogens is 1. The van der Waals surface area contributed by atoms with E-state index >= 15 is 0 Å². The van der Waals surface area contributed by atoms with Gasteiger partial charge in [0.1, 0.15) is 0 Å². The van der Waals surface area contributed by atoms with Gasteiger partial charge in [-0.25, -0.2) is 9.78 Å². The number of carboxylic acid groups (broad SMARTS) is 1. The van der Waals surface area contributed by atoms with Gasteiger partial charge in [-0.1, -0.05) is 41.7 Å². The number of anilines is 2. The van der Waals surface area contributed by atoms with Gasteiger partial charge in [-0.3, -0.25) is 9.69 Å². The lowest BCUT2D eigenvalue weighted by Crippen LogP contribution is -2.42. The molecule has 0 spiro atoms. The molecule has 0 radical (unpaired) electrons. The minimum atomic E-state index is -1.18. The lowest BCUT2D eigenvalue weighted by molar-refractivity contribution is 0.0691. The first-order valence-electron chi connectivity index (χ1n) is 10.9. The third kappa shape index (κ3) is 7.39. The van der Waals surface area contributed by atoms with Crippen LogP contribution >= 0.6 is 46.1 Å². The highest BCUT2D eigenvalue weighted by Crippen LogP contribution is 2.33. The lowest BCUT2D eigenvalue weighted by Gasteiger charge is -2.29. The Labute approximate surface area is 223 Å². The van der Waals surface area contributed by atoms with Crippen LogP contribution in [-0.4, -0.2) is 52.5 Å². The van der Waals surface area contributed by atoms with E-state index in [0.717, 1.165) is 24.4 Å². The Morgan fingerprint density at radius 2 is 1.86 bits per heavy atom. The van der Waals surface area contributed by atoms with Crippen LogP contribution in [0.4, 0.5) is 10.8 Å². The number of rotatable bonds is 5. The van der Waals surface area contributed by atoms with Crippen molar-refractivity contribution in [1.82, 2.24) is 9.88 Å². The van der Waals surface area contributed by atoms with Crippen LogP contribution in [0.25, 0.3) is 0 Å². The zero-order valence-electron chi connectivity index (χ0n) is 19.0. The molecule has 0 saturated carbocycles. The maximum Gasteiger partial charge on any atom is 0.355 e. The van der Waals surface area contributed by atoms with Gasteiger partial charge >= 0.3 is 5.97 Å². The van der Waals surface area contributed by atoms with Crippen molar-refractivity contribution in [3.05, 3.63) is 74.2 Å². The minimum absolute atomic E-state index is 0.154. The second kappa shape index (κ2) is 12.7. The average molecular weight is 556 g/mol. The lowest BCUT2D eigenvalue weighted by atomic mass is 10.1. The Bertz CT molecular complexity index is 1170. The third-order valence-corrected chi connectivity index (χ3v) is 6.97. The van der Waals surface area contributed by atoms with E-state index in [9.17, 15) is 9.59 Å². The van der Waals surface area contributed by atoms with Gasteiger partial charge in [0.15, 0.2) is 10.8 Å². The SMILES string of the molecule is CCN1CCCC(N)C1.O=C(O)c1csc(N(C(=O)c2ccc(Cl)cc2Cl)c2ccc(Cl)cc2)n1. The van der Waals surface area contributed by atoms with E-state index in [0.29, 0.717) is 21.8 Å². The summed E-state index contributed by atoms with van der Waals surface area (Å²) in [5.74, 6) is -1.65. The molecule has 2 aromatic carbocycles. The number of hydrogen-bond donors (Lipinski definition) is 2. The molecule has 2 heterocycles. The summed E-state index contributed by atoms with van der Waals surface area (Å²) in [4.78, 5) is 32.0. The number of carbonyl (C=O) groups is 2. The van der Waals surface area contributed by atoms with Crippen molar-refractivity contribution in [2.24, 2.45) is 5.73 Å². The number of benzene rings is 2. The van der Waals surface area contributed by atoms with Crippen LogP contribution in [0.1, 0.15) is 40.6 Å². The van der Waals surface area contributed by atoms with Crippen LogP contribution in [0.5, 0.6) is 0 Å². The monoisotopic (exact) mass is 554 g/mol. The van der Waals surface area contributed by atoms with Crippen LogP contribution in [0.15, 0.2) is 47.8 Å². The summed E-state index contributed by atoms with van der Waals surface area (Å²) >= 11 is 19.0. The first-order chi connectivity index (χ1) is 16.7. The van der Waals surface area contributed by atoms with E-state index < -0.39 is 11.9 Å².